The van der Waals surface area contributed by atoms with Crippen LogP contribution in [0.1, 0.15) is 6.42 Å². The molecule has 2 aliphatic heterocycles. The summed E-state index contributed by atoms with van der Waals surface area (Å²) in [5.74, 6) is -3.36. The lowest BCUT2D eigenvalue weighted by atomic mass is 9.94. The fourth-order valence-electron chi connectivity index (χ4n) is 2.74. The van der Waals surface area contributed by atoms with Crippen LogP contribution in [-0.4, -0.2) is 76.6 Å². The van der Waals surface area contributed by atoms with Gasteiger partial charge in [-0.3, -0.25) is 14.5 Å². The van der Waals surface area contributed by atoms with E-state index in [4.69, 9.17) is 5.11 Å². The van der Waals surface area contributed by atoms with Crippen LogP contribution in [0.4, 0.5) is 18.0 Å². The van der Waals surface area contributed by atoms with Gasteiger partial charge in [0.1, 0.15) is 12.6 Å². The zero-order chi connectivity index (χ0) is 16.8. The second-order valence-electron chi connectivity index (χ2n) is 4.88. The minimum absolute atomic E-state index is 0.168. The fourth-order valence-corrected chi connectivity index (χ4v) is 2.74. The van der Waals surface area contributed by atoms with Crippen molar-refractivity contribution in [2.45, 2.75) is 30.7 Å². The van der Waals surface area contributed by atoms with Crippen LogP contribution in [0.5, 0.6) is 0 Å². The Bertz CT molecular complexity index is 548. The van der Waals surface area contributed by atoms with Crippen molar-refractivity contribution < 1.29 is 42.2 Å². The molecule has 0 aromatic heterocycles. The van der Waals surface area contributed by atoms with Gasteiger partial charge in [-0.15, -0.1) is 0 Å². The van der Waals surface area contributed by atoms with Crippen molar-refractivity contribution in [2.75, 3.05) is 13.7 Å². The number of fused-ring (bicyclic) bond motifs is 1. The summed E-state index contributed by atoms with van der Waals surface area (Å²) >= 11 is 0. The van der Waals surface area contributed by atoms with Gasteiger partial charge in [0.25, 0.3) is 0 Å². The molecule has 0 aromatic carbocycles. The maximum Gasteiger partial charge on any atom is 0.410 e. The van der Waals surface area contributed by atoms with Crippen molar-refractivity contribution in [2.24, 2.45) is 0 Å². The predicted molar refractivity (Wildman–Crippen MR) is 60.6 cm³/mol. The van der Waals surface area contributed by atoms with Gasteiger partial charge in [0, 0.05) is 6.42 Å². The molecule has 2 amide bonds. The molecule has 8 nitrogen and oxygen atoms in total. The average Bonchev–Trinajstić information content (AvgIpc) is 2.69. The third-order valence-corrected chi connectivity index (χ3v) is 3.55. The zero-order valence-corrected chi connectivity index (χ0v) is 11.2. The number of halogens is 3. The van der Waals surface area contributed by atoms with Gasteiger partial charge in [-0.1, -0.05) is 0 Å². The van der Waals surface area contributed by atoms with E-state index < -0.39 is 61.0 Å². The van der Waals surface area contributed by atoms with Gasteiger partial charge in [-0.05, 0) is 0 Å². The summed E-state index contributed by atoms with van der Waals surface area (Å²) in [7, 11) is 0.854. The molecule has 0 radical (unpaired) electrons. The summed E-state index contributed by atoms with van der Waals surface area (Å²) in [6.07, 6.45) is -6.57. The number of aliphatic carboxylic acids is 1. The topological polar surface area (TPSA) is 104 Å². The van der Waals surface area contributed by atoms with Gasteiger partial charge >= 0.3 is 18.2 Å². The van der Waals surface area contributed by atoms with Crippen molar-refractivity contribution in [1.82, 2.24) is 9.80 Å². The predicted octanol–water partition coefficient (Wildman–Crippen LogP) is -0.378. The molecule has 3 unspecified atom stereocenters. The summed E-state index contributed by atoms with van der Waals surface area (Å²) in [4.78, 5) is 46.8. The van der Waals surface area contributed by atoms with E-state index in [9.17, 15) is 32.3 Å². The van der Waals surface area contributed by atoms with Crippen LogP contribution < -0.4 is 0 Å². The number of nitrogens with zero attached hydrogens (tertiary/aromatic N) is 2. The third kappa shape index (κ3) is 2.46. The van der Waals surface area contributed by atoms with E-state index in [0.29, 0.717) is 4.90 Å². The fraction of sp³-hybridized carbons (Fsp3) is 0.636. The normalized spacial score (nSPS) is 27.3. The van der Waals surface area contributed by atoms with E-state index >= 15 is 0 Å². The highest BCUT2D eigenvalue weighted by Crippen LogP contribution is 2.37. The lowest BCUT2D eigenvalue weighted by Crippen LogP contribution is -2.72. The van der Waals surface area contributed by atoms with E-state index in [0.717, 1.165) is 7.11 Å². The Balaban J connectivity index is 2.25. The number of hydrogen-bond donors (Lipinski definition) is 1. The van der Waals surface area contributed by atoms with Crippen molar-refractivity contribution in [3.63, 3.8) is 0 Å². The third-order valence-electron chi connectivity index (χ3n) is 3.55. The number of hydrogen-bond acceptors (Lipinski definition) is 5. The molecule has 0 aliphatic carbocycles. The van der Waals surface area contributed by atoms with E-state index in [1.807, 2.05) is 0 Å². The number of carbonyl (C=O) groups excluding carboxylic acids is 3. The largest absolute Gasteiger partial charge is 0.479 e. The molecule has 11 heteroatoms. The van der Waals surface area contributed by atoms with Gasteiger partial charge in [0.15, 0.2) is 11.8 Å². The smallest absolute Gasteiger partial charge is 0.410 e. The number of amides is 2. The molecular formula is C11H11F3N2O6. The summed E-state index contributed by atoms with van der Waals surface area (Å²) in [5.41, 5.74) is 0. The molecule has 0 saturated carbocycles. The van der Waals surface area contributed by atoms with E-state index in [-0.39, 0.29) is 4.90 Å². The number of alkyl halides is 3. The maximum atomic E-state index is 12.5. The van der Waals surface area contributed by atoms with Crippen molar-refractivity contribution in [3.05, 3.63) is 0 Å². The molecule has 122 valence electrons. The van der Waals surface area contributed by atoms with Crippen molar-refractivity contribution in [3.8, 4) is 0 Å². The molecule has 2 fully saturated rings. The van der Waals surface area contributed by atoms with Gasteiger partial charge in [-0.2, -0.15) is 13.2 Å². The molecule has 1 N–H and O–H groups in total. The molecule has 2 aliphatic rings. The number of rotatable bonds is 3. The van der Waals surface area contributed by atoms with E-state index in [1.165, 1.54) is 0 Å². The Kier molecular flexibility index (Phi) is 3.75. The second kappa shape index (κ2) is 5.14. The average molecular weight is 324 g/mol. The highest BCUT2D eigenvalue weighted by atomic mass is 19.4. The molecule has 3 atom stereocenters. The quantitative estimate of drug-likeness (QED) is 0.561. The standard InChI is InChI=1S/C11H11F3N2O6/c1-22-10(21)15(3-11(12,13)14)6-4-2-5(17)7(9(19)20)16(4)8(6)18/h4,6-7H,2-3H2,1H3,(H,19,20). The van der Waals surface area contributed by atoms with Crippen LogP contribution in [0.3, 0.4) is 0 Å². The number of ketones is 1. The van der Waals surface area contributed by atoms with Gasteiger partial charge < -0.3 is 14.7 Å². The number of ether oxygens (including phenoxy) is 1. The maximum absolute atomic E-state index is 12.5. The first-order chi connectivity index (χ1) is 10.1. The van der Waals surface area contributed by atoms with E-state index in [1.54, 1.807) is 0 Å². The summed E-state index contributed by atoms with van der Waals surface area (Å²) in [5, 5.41) is 8.89. The number of β-lactam (4-membered cyclic amide) rings is 1. The minimum atomic E-state index is -4.77. The SMILES string of the molecule is COC(=O)N(CC(F)(F)F)C1C(=O)N2C(C(=O)O)C(=O)CC12. The molecule has 0 aromatic rings. The molecule has 2 saturated heterocycles. The Morgan fingerprint density at radius 2 is 2.00 bits per heavy atom. The van der Waals surface area contributed by atoms with Gasteiger partial charge in [0.2, 0.25) is 5.91 Å². The highest BCUT2D eigenvalue weighted by Gasteiger charge is 2.63. The Hall–Kier alpha value is -2.33. The lowest BCUT2D eigenvalue weighted by molar-refractivity contribution is -0.177. The van der Waals surface area contributed by atoms with Gasteiger partial charge in [-0.25, -0.2) is 9.59 Å². The molecule has 0 bridgehead atoms. The molecular weight excluding hydrogens is 313 g/mol. The molecule has 0 spiro atoms. The van der Waals surface area contributed by atoms with Crippen LogP contribution in [0.25, 0.3) is 0 Å². The zero-order valence-electron chi connectivity index (χ0n) is 11.2. The van der Waals surface area contributed by atoms with Crippen molar-refractivity contribution in [1.29, 1.82) is 0 Å². The van der Waals surface area contributed by atoms with Crippen LogP contribution in [0.15, 0.2) is 0 Å². The molecule has 2 rings (SSSR count). The number of methoxy groups -OCH3 is 1. The first-order valence-electron chi connectivity index (χ1n) is 6.07. The van der Waals surface area contributed by atoms with Crippen LogP contribution in [-0.2, 0) is 19.1 Å². The number of carboxylic acids is 1. The Morgan fingerprint density at radius 1 is 1.41 bits per heavy atom. The van der Waals surface area contributed by atoms with Crippen LogP contribution >= 0.6 is 0 Å². The van der Waals surface area contributed by atoms with Crippen LogP contribution in [0, 0.1) is 0 Å². The summed E-state index contributed by atoms with van der Waals surface area (Å²) in [6, 6.07) is -4.34. The minimum Gasteiger partial charge on any atom is -0.479 e. The second-order valence-corrected chi connectivity index (χ2v) is 4.88. The Labute approximate surface area is 121 Å². The highest BCUT2D eigenvalue weighted by molar-refractivity contribution is 6.12. The van der Waals surface area contributed by atoms with E-state index in [2.05, 4.69) is 4.74 Å². The van der Waals surface area contributed by atoms with Crippen molar-refractivity contribution >= 4 is 23.8 Å². The number of Topliss-reactive ketones (excluding diaryl/α,β-unsaturated/α-hetero) is 1. The first kappa shape index (κ1) is 16.0. The monoisotopic (exact) mass is 324 g/mol. The summed E-state index contributed by atoms with van der Waals surface area (Å²) < 4.78 is 41.8. The molecule has 22 heavy (non-hydrogen) atoms. The Morgan fingerprint density at radius 3 is 2.45 bits per heavy atom. The van der Waals surface area contributed by atoms with Crippen LogP contribution in [0.2, 0.25) is 0 Å². The number of carboxylic acid groups (broad SMARTS) is 1. The first-order valence-corrected chi connectivity index (χ1v) is 6.07. The molecule has 2 heterocycles. The summed E-state index contributed by atoms with van der Waals surface area (Å²) in [6.45, 7) is -1.73. The number of carbonyl (C=O) groups is 4. The lowest BCUT2D eigenvalue weighted by Gasteiger charge is -2.47. The van der Waals surface area contributed by atoms with Gasteiger partial charge in [0.05, 0.1) is 13.2 Å².